The van der Waals surface area contributed by atoms with Crippen molar-refractivity contribution in [2.75, 3.05) is 13.7 Å². The Bertz CT molecular complexity index is 876. The van der Waals surface area contributed by atoms with Crippen molar-refractivity contribution >= 4 is 28.7 Å². The van der Waals surface area contributed by atoms with Gasteiger partial charge in [-0.3, -0.25) is 4.98 Å². The highest BCUT2D eigenvalue weighted by Crippen LogP contribution is 2.34. The summed E-state index contributed by atoms with van der Waals surface area (Å²) in [5, 5.41) is 0.461. The second kappa shape index (κ2) is 6.26. The van der Waals surface area contributed by atoms with Crippen molar-refractivity contribution in [1.29, 1.82) is 0 Å². The Hall–Kier alpha value is -2.60. The third-order valence-corrected chi connectivity index (χ3v) is 3.48. The Morgan fingerprint density at radius 3 is 2.87 bits per heavy atom. The number of ether oxygens (including phenoxy) is 2. The number of hydrogen-bond acceptors (Lipinski definition) is 6. The maximum absolute atomic E-state index is 11.8. The van der Waals surface area contributed by atoms with E-state index in [0.717, 1.165) is 0 Å². The molecule has 23 heavy (non-hydrogen) atoms. The molecule has 118 valence electrons. The number of halogens is 1. The zero-order valence-corrected chi connectivity index (χ0v) is 13.3. The summed E-state index contributed by atoms with van der Waals surface area (Å²) < 4.78 is 16.0. The van der Waals surface area contributed by atoms with Crippen LogP contribution in [0.1, 0.15) is 17.3 Å². The van der Waals surface area contributed by atoms with Gasteiger partial charge in [0.05, 0.1) is 24.3 Å². The summed E-state index contributed by atoms with van der Waals surface area (Å²) in [6, 6.07) is 4.92. The Labute approximate surface area is 137 Å². The molecule has 0 aliphatic rings. The van der Waals surface area contributed by atoms with E-state index in [9.17, 15) is 4.79 Å². The fourth-order valence-corrected chi connectivity index (χ4v) is 2.33. The number of aromatic nitrogens is 2. The molecule has 3 heterocycles. The highest BCUT2D eigenvalue weighted by molar-refractivity contribution is 6.34. The number of pyridine rings is 2. The predicted molar refractivity (Wildman–Crippen MR) is 84.8 cm³/mol. The summed E-state index contributed by atoms with van der Waals surface area (Å²) in [4.78, 5) is 20.2. The van der Waals surface area contributed by atoms with E-state index in [4.69, 9.17) is 25.5 Å². The largest absolute Gasteiger partial charge is 0.494 e. The van der Waals surface area contributed by atoms with Crippen LogP contribution in [0.15, 0.2) is 35.0 Å². The molecule has 6 nitrogen and oxygen atoms in total. The third kappa shape index (κ3) is 2.85. The van der Waals surface area contributed by atoms with Gasteiger partial charge in [-0.25, -0.2) is 9.78 Å². The van der Waals surface area contributed by atoms with Crippen molar-refractivity contribution in [3.8, 4) is 17.2 Å². The van der Waals surface area contributed by atoms with Crippen LogP contribution in [0.4, 0.5) is 0 Å². The van der Waals surface area contributed by atoms with Crippen LogP contribution in [0.25, 0.3) is 22.6 Å². The van der Waals surface area contributed by atoms with Crippen molar-refractivity contribution in [3.05, 3.63) is 41.2 Å². The van der Waals surface area contributed by atoms with Crippen molar-refractivity contribution in [2.45, 2.75) is 6.92 Å². The first-order valence-electron chi connectivity index (χ1n) is 6.89. The zero-order chi connectivity index (χ0) is 16.4. The minimum Gasteiger partial charge on any atom is -0.494 e. The van der Waals surface area contributed by atoms with E-state index in [1.54, 1.807) is 31.3 Å². The molecule has 0 saturated heterocycles. The van der Waals surface area contributed by atoms with Crippen LogP contribution in [0.2, 0.25) is 5.02 Å². The Morgan fingerprint density at radius 1 is 1.35 bits per heavy atom. The molecule has 3 aromatic heterocycles. The van der Waals surface area contributed by atoms with Crippen LogP contribution in [0.5, 0.6) is 5.75 Å². The molecular formula is C16H13ClN2O4. The first-order valence-corrected chi connectivity index (χ1v) is 7.27. The molecule has 0 radical (unpaired) electrons. The number of esters is 1. The van der Waals surface area contributed by atoms with Gasteiger partial charge >= 0.3 is 5.97 Å². The minimum atomic E-state index is -0.459. The monoisotopic (exact) mass is 332 g/mol. The van der Waals surface area contributed by atoms with Gasteiger partial charge in [-0.1, -0.05) is 11.6 Å². The number of methoxy groups -OCH3 is 1. The summed E-state index contributed by atoms with van der Waals surface area (Å²) in [7, 11) is 1.49. The maximum Gasteiger partial charge on any atom is 0.339 e. The van der Waals surface area contributed by atoms with Gasteiger partial charge in [0.15, 0.2) is 11.3 Å². The second-order valence-corrected chi connectivity index (χ2v) is 5.02. The topological polar surface area (TPSA) is 74.5 Å². The second-order valence-electron chi connectivity index (χ2n) is 4.61. The molecule has 7 heteroatoms. The Balaban J connectivity index is 2.07. The van der Waals surface area contributed by atoms with E-state index in [1.807, 2.05) is 0 Å². The minimum absolute atomic E-state index is 0.288. The summed E-state index contributed by atoms with van der Waals surface area (Å²) in [5.41, 5.74) is 1.85. The Kier molecular flexibility index (Phi) is 4.16. The lowest BCUT2D eigenvalue weighted by Gasteiger charge is -2.07. The van der Waals surface area contributed by atoms with Gasteiger partial charge in [0.2, 0.25) is 0 Å². The summed E-state index contributed by atoms with van der Waals surface area (Å²) >= 11 is 6.09. The van der Waals surface area contributed by atoms with Crippen LogP contribution in [-0.4, -0.2) is 29.7 Å². The average molecular weight is 333 g/mol. The highest BCUT2D eigenvalue weighted by atomic mass is 35.5. The van der Waals surface area contributed by atoms with Gasteiger partial charge in [-0.2, -0.15) is 0 Å². The molecule has 0 N–H and O–H groups in total. The van der Waals surface area contributed by atoms with E-state index in [1.165, 1.54) is 13.3 Å². The molecule has 0 atom stereocenters. The van der Waals surface area contributed by atoms with E-state index in [0.29, 0.717) is 38.9 Å². The number of rotatable bonds is 4. The summed E-state index contributed by atoms with van der Waals surface area (Å²) in [5.74, 6) is 0.387. The lowest BCUT2D eigenvalue weighted by Crippen LogP contribution is -2.06. The molecular weight excluding hydrogens is 320 g/mol. The van der Waals surface area contributed by atoms with E-state index < -0.39 is 5.97 Å². The first kappa shape index (κ1) is 15.3. The molecule has 0 bridgehead atoms. The van der Waals surface area contributed by atoms with Gasteiger partial charge in [0.1, 0.15) is 17.0 Å². The third-order valence-electron chi connectivity index (χ3n) is 3.18. The van der Waals surface area contributed by atoms with Crippen molar-refractivity contribution in [1.82, 2.24) is 9.97 Å². The van der Waals surface area contributed by atoms with Crippen LogP contribution in [0, 0.1) is 0 Å². The summed E-state index contributed by atoms with van der Waals surface area (Å²) in [6.45, 7) is 2.03. The molecule has 0 aliphatic carbocycles. The van der Waals surface area contributed by atoms with Gasteiger partial charge in [0.25, 0.3) is 0 Å². The SMILES string of the molecule is CCOC(=O)c1cnc(-c2cc3nccc(Cl)c3o2)c(OC)c1. The standard InChI is InChI=1S/C16H13ClN2O4/c1-3-22-16(20)9-6-12(21-2)14(19-8-9)13-7-11-15(23-13)10(17)4-5-18-11/h4-8H,3H2,1-2H3. The molecule has 0 spiro atoms. The predicted octanol–water partition coefficient (Wildman–Crippen LogP) is 3.73. The van der Waals surface area contributed by atoms with E-state index in [-0.39, 0.29) is 6.61 Å². The first-order chi connectivity index (χ1) is 11.1. The van der Waals surface area contributed by atoms with Gasteiger partial charge < -0.3 is 13.9 Å². The van der Waals surface area contributed by atoms with Gasteiger partial charge in [-0.15, -0.1) is 0 Å². The van der Waals surface area contributed by atoms with E-state index >= 15 is 0 Å². The van der Waals surface area contributed by atoms with Gasteiger partial charge in [-0.05, 0) is 19.1 Å². The van der Waals surface area contributed by atoms with Gasteiger partial charge in [0, 0.05) is 18.5 Å². The zero-order valence-electron chi connectivity index (χ0n) is 12.5. The molecule has 0 unspecified atom stereocenters. The van der Waals surface area contributed by atoms with Crippen molar-refractivity contribution < 1.29 is 18.7 Å². The molecule has 0 amide bonds. The number of furan rings is 1. The Morgan fingerprint density at radius 2 is 2.17 bits per heavy atom. The molecule has 0 aromatic carbocycles. The smallest absolute Gasteiger partial charge is 0.339 e. The number of carbonyl (C=O) groups excluding carboxylic acids is 1. The van der Waals surface area contributed by atoms with Crippen LogP contribution < -0.4 is 4.74 Å². The van der Waals surface area contributed by atoms with Crippen LogP contribution in [-0.2, 0) is 4.74 Å². The maximum atomic E-state index is 11.8. The average Bonchev–Trinajstić information content (AvgIpc) is 3.00. The molecule has 0 aliphatic heterocycles. The highest BCUT2D eigenvalue weighted by Gasteiger charge is 2.18. The quantitative estimate of drug-likeness (QED) is 0.678. The fraction of sp³-hybridized carbons (Fsp3) is 0.188. The molecule has 3 aromatic rings. The number of carbonyl (C=O) groups is 1. The molecule has 3 rings (SSSR count). The summed E-state index contributed by atoms with van der Waals surface area (Å²) in [6.07, 6.45) is 3.01. The van der Waals surface area contributed by atoms with E-state index in [2.05, 4.69) is 9.97 Å². The number of hydrogen-bond donors (Lipinski definition) is 0. The fourth-order valence-electron chi connectivity index (χ4n) is 2.14. The normalized spacial score (nSPS) is 10.7. The molecule has 0 saturated carbocycles. The lowest BCUT2D eigenvalue weighted by atomic mass is 10.2. The van der Waals surface area contributed by atoms with Crippen molar-refractivity contribution in [2.24, 2.45) is 0 Å². The van der Waals surface area contributed by atoms with Crippen molar-refractivity contribution in [3.63, 3.8) is 0 Å². The molecule has 0 fully saturated rings. The lowest BCUT2D eigenvalue weighted by molar-refractivity contribution is 0.0525. The van der Waals surface area contributed by atoms with Crippen LogP contribution >= 0.6 is 11.6 Å². The van der Waals surface area contributed by atoms with Crippen LogP contribution in [0.3, 0.4) is 0 Å². The number of nitrogens with zero attached hydrogens (tertiary/aromatic N) is 2. The number of fused-ring (bicyclic) bond motifs is 1.